The summed E-state index contributed by atoms with van der Waals surface area (Å²) in [5, 5.41) is 0. The van der Waals surface area contributed by atoms with Crippen molar-refractivity contribution in [3.8, 4) is 0 Å². The highest BCUT2D eigenvalue weighted by Crippen LogP contribution is 2.11. The van der Waals surface area contributed by atoms with Gasteiger partial charge in [-0.05, 0) is 37.7 Å². The molecule has 0 spiro atoms. The Bertz CT molecular complexity index is 629. The lowest BCUT2D eigenvalue weighted by molar-refractivity contribution is -0.704. The topological polar surface area (TPSA) is 8.81 Å². The molecule has 0 amide bonds. The van der Waals surface area contributed by atoms with Crippen molar-refractivity contribution in [2.24, 2.45) is 0 Å². The predicted molar refractivity (Wildman–Crippen MR) is 125 cm³/mol. The number of unbranched alkanes of at least 4 members (excludes halogenated alkanes) is 9. The summed E-state index contributed by atoms with van der Waals surface area (Å²) in [6, 6.07) is 10.9. The van der Waals surface area contributed by atoms with Crippen molar-refractivity contribution in [3.05, 3.63) is 54.1 Å². The van der Waals surface area contributed by atoms with Crippen molar-refractivity contribution >= 4 is 0 Å². The second-order valence-electron chi connectivity index (χ2n) is 8.62. The third-order valence-electron chi connectivity index (χ3n) is 6.05. The zero-order valence-electron chi connectivity index (χ0n) is 19.2. The van der Waals surface area contributed by atoms with Crippen molar-refractivity contribution in [2.75, 3.05) is 0 Å². The van der Waals surface area contributed by atoms with Gasteiger partial charge in [-0.3, -0.25) is 0 Å². The fourth-order valence-corrected chi connectivity index (χ4v) is 4.24. The van der Waals surface area contributed by atoms with Gasteiger partial charge in [-0.1, -0.05) is 95.5 Å². The van der Waals surface area contributed by atoms with Gasteiger partial charge in [0.15, 0.2) is 0 Å². The molecule has 0 N–H and O–H groups in total. The van der Waals surface area contributed by atoms with Crippen molar-refractivity contribution < 1.29 is 4.57 Å². The molecule has 1 heterocycles. The number of aryl methyl sites for hydroxylation is 3. The Kier molecular flexibility index (Phi) is 12.5. The Balaban J connectivity index is 1.84. The van der Waals surface area contributed by atoms with Gasteiger partial charge in [-0.2, -0.15) is 0 Å². The Morgan fingerprint density at radius 2 is 1.34 bits per heavy atom. The first-order valence-electron chi connectivity index (χ1n) is 12.5. The number of imidazole rings is 1. The molecule has 2 rings (SSSR count). The molecule has 162 valence electrons. The maximum absolute atomic E-state index is 2.55. The van der Waals surface area contributed by atoms with Crippen molar-refractivity contribution in [1.82, 2.24) is 4.57 Å². The Labute approximate surface area is 180 Å². The second-order valence-corrected chi connectivity index (χ2v) is 8.62. The molecule has 0 atom stereocenters. The van der Waals surface area contributed by atoms with Crippen LogP contribution in [0, 0.1) is 0 Å². The molecule has 29 heavy (non-hydrogen) atoms. The molecule has 0 saturated heterocycles. The first-order valence-corrected chi connectivity index (χ1v) is 12.5. The fraction of sp³-hybridized carbons (Fsp3) is 0.667. The highest BCUT2D eigenvalue weighted by molar-refractivity contribution is 5.14. The van der Waals surface area contributed by atoms with Gasteiger partial charge in [0.2, 0.25) is 0 Å². The largest absolute Gasteiger partial charge is 0.256 e. The summed E-state index contributed by atoms with van der Waals surface area (Å²) in [5.41, 5.74) is 1.46. The molecule has 0 radical (unpaired) electrons. The monoisotopic (exact) mass is 397 g/mol. The summed E-state index contributed by atoms with van der Waals surface area (Å²) >= 11 is 0. The van der Waals surface area contributed by atoms with Gasteiger partial charge in [0.05, 0.1) is 13.1 Å². The standard InChI is InChI=1S/C27H45N2/c1-3-5-7-9-10-11-15-21-27-28(22-16-8-6-4-2)24-25-29(27)23-17-20-26-18-13-12-14-19-26/h12-14,18-19,24-25H,3-11,15-17,20-23H2,1-2H3/q+1. The molecule has 0 aliphatic heterocycles. The number of benzene rings is 1. The summed E-state index contributed by atoms with van der Waals surface area (Å²) in [6.07, 6.45) is 23.4. The van der Waals surface area contributed by atoms with Crippen LogP contribution < -0.4 is 4.57 Å². The Hall–Kier alpha value is -1.57. The Morgan fingerprint density at radius 3 is 2.07 bits per heavy atom. The summed E-state index contributed by atoms with van der Waals surface area (Å²) < 4.78 is 5.09. The van der Waals surface area contributed by atoms with Gasteiger partial charge in [-0.25, -0.2) is 9.13 Å². The van der Waals surface area contributed by atoms with E-state index in [-0.39, 0.29) is 0 Å². The van der Waals surface area contributed by atoms with Crippen LogP contribution in [-0.4, -0.2) is 4.57 Å². The normalized spacial score (nSPS) is 11.2. The molecule has 0 saturated carbocycles. The summed E-state index contributed by atoms with van der Waals surface area (Å²) in [6.45, 7) is 6.92. The van der Waals surface area contributed by atoms with E-state index in [4.69, 9.17) is 0 Å². The number of hydrogen-bond donors (Lipinski definition) is 0. The van der Waals surface area contributed by atoms with Gasteiger partial charge >= 0.3 is 0 Å². The predicted octanol–water partition coefficient (Wildman–Crippen LogP) is 7.28. The van der Waals surface area contributed by atoms with E-state index in [1.54, 1.807) is 5.82 Å². The van der Waals surface area contributed by atoms with Crippen LogP contribution in [0.1, 0.15) is 102 Å². The molecule has 0 unspecified atom stereocenters. The lowest BCUT2D eigenvalue weighted by atomic mass is 10.1. The van der Waals surface area contributed by atoms with Crippen LogP contribution in [0.15, 0.2) is 42.7 Å². The van der Waals surface area contributed by atoms with E-state index >= 15 is 0 Å². The van der Waals surface area contributed by atoms with Crippen LogP contribution >= 0.6 is 0 Å². The highest BCUT2D eigenvalue weighted by Gasteiger charge is 2.16. The van der Waals surface area contributed by atoms with Gasteiger partial charge in [0, 0.05) is 6.42 Å². The first kappa shape index (κ1) is 23.7. The lowest BCUT2D eigenvalue weighted by Gasteiger charge is -2.07. The summed E-state index contributed by atoms with van der Waals surface area (Å²) in [4.78, 5) is 0. The van der Waals surface area contributed by atoms with Crippen LogP contribution in [0.5, 0.6) is 0 Å². The molecule has 1 aromatic carbocycles. The molecule has 0 bridgehead atoms. The molecule has 2 nitrogen and oxygen atoms in total. The zero-order chi connectivity index (χ0) is 20.6. The second kappa shape index (κ2) is 15.3. The van der Waals surface area contributed by atoms with Crippen molar-refractivity contribution in [3.63, 3.8) is 0 Å². The van der Waals surface area contributed by atoms with Gasteiger partial charge in [0.1, 0.15) is 12.4 Å². The molecule has 0 aliphatic carbocycles. The van der Waals surface area contributed by atoms with Gasteiger partial charge in [-0.15, -0.1) is 0 Å². The van der Waals surface area contributed by atoms with Crippen LogP contribution in [0.25, 0.3) is 0 Å². The molecule has 0 fully saturated rings. The molecule has 0 aliphatic rings. The third-order valence-corrected chi connectivity index (χ3v) is 6.05. The molecular formula is C27H45N2+. The first-order chi connectivity index (χ1) is 14.3. The van der Waals surface area contributed by atoms with E-state index in [2.05, 4.69) is 65.7 Å². The molecule has 1 aromatic heterocycles. The van der Waals surface area contributed by atoms with Crippen LogP contribution in [0.2, 0.25) is 0 Å². The quantitative estimate of drug-likeness (QED) is 0.196. The maximum Gasteiger partial charge on any atom is 0.256 e. The van der Waals surface area contributed by atoms with Crippen molar-refractivity contribution in [2.45, 2.75) is 117 Å². The maximum atomic E-state index is 2.55. The van der Waals surface area contributed by atoms with Crippen molar-refractivity contribution in [1.29, 1.82) is 0 Å². The van der Waals surface area contributed by atoms with E-state index in [1.807, 2.05) is 0 Å². The molecule has 2 aromatic rings. The minimum Gasteiger partial charge on any atom is -0.234 e. The summed E-state index contributed by atoms with van der Waals surface area (Å²) in [5.74, 6) is 1.56. The lowest BCUT2D eigenvalue weighted by Crippen LogP contribution is -2.37. The number of rotatable bonds is 17. The third kappa shape index (κ3) is 9.65. The zero-order valence-corrected chi connectivity index (χ0v) is 19.2. The van der Waals surface area contributed by atoms with Gasteiger partial charge < -0.3 is 0 Å². The van der Waals surface area contributed by atoms with Crippen LogP contribution in [0.3, 0.4) is 0 Å². The SMILES string of the molecule is CCCCCCCCCc1n(CCCCCC)cc[n+]1CCCc1ccccc1. The minimum atomic E-state index is 1.14. The van der Waals surface area contributed by atoms with Crippen LogP contribution in [0.4, 0.5) is 0 Å². The van der Waals surface area contributed by atoms with E-state index < -0.39 is 0 Å². The van der Waals surface area contributed by atoms with E-state index in [9.17, 15) is 0 Å². The Morgan fingerprint density at radius 1 is 0.690 bits per heavy atom. The average molecular weight is 398 g/mol. The smallest absolute Gasteiger partial charge is 0.234 e. The number of hydrogen-bond acceptors (Lipinski definition) is 0. The van der Waals surface area contributed by atoms with Crippen LogP contribution in [-0.2, 0) is 25.9 Å². The number of aromatic nitrogens is 2. The van der Waals surface area contributed by atoms with E-state index in [1.165, 1.54) is 102 Å². The van der Waals surface area contributed by atoms with Gasteiger partial charge in [0.25, 0.3) is 5.82 Å². The van der Waals surface area contributed by atoms with E-state index in [0.717, 1.165) is 6.54 Å². The molecule has 2 heteroatoms. The molecular weight excluding hydrogens is 352 g/mol. The van der Waals surface area contributed by atoms with E-state index in [0.29, 0.717) is 0 Å². The minimum absolute atomic E-state index is 1.14. The number of nitrogens with zero attached hydrogens (tertiary/aromatic N) is 2. The average Bonchev–Trinajstić information content (AvgIpc) is 3.13. The fourth-order valence-electron chi connectivity index (χ4n) is 4.24. The summed E-state index contributed by atoms with van der Waals surface area (Å²) in [7, 11) is 0. The highest BCUT2D eigenvalue weighted by atomic mass is 15.1.